The molecule has 5 heterocycles. The molecule has 17 nitrogen and oxygen atoms in total. The maximum absolute atomic E-state index is 14.3. The van der Waals surface area contributed by atoms with E-state index < -0.39 is 36.4 Å². The molecule has 65 heavy (non-hydrogen) atoms. The van der Waals surface area contributed by atoms with E-state index in [4.69, 9.17) is 33.7 Å². The molecule has 1 unspecified atom stereocenters. The monoisotopic (exact) mass is 892 g/mol. The largest absolute Gasteiger partial charge is 0.488 e. The van der Waals surface area contributed by atoms with Gasteiger partial charge in [-0.2, -0.15) is 0 Å². The van der Waals surface area contributed by atoms with Crippen LogP contribution in [0.25, 0.3) is 44.2 Å². The van der Waals surface area contributed by atoms with Crippen LogP contribution in [0.2, 0.25) is 0 Å². The van der Waals surface area contributed by atoms with E-state index in [0.717, 1.165) is 68.3 Å². The lowest BCUT2D eigenvalue weighted by Gasteiger charge is -2.33. The quantitative estimate of drug-likeness (QED) is 0.0880. The van der Waals surface area contributed by atoms with Crippen LogP contribution in [0.1, 0.15) is 89.1 Å². The summed E-state index contributed by atoms with van der Waals surface area (Å²) in [5.74, 6) is 1.65. The van der Waals surface area contributed by atoms with Gasteiger partial charge in [0.2, 0.25) is 11.8 Å². The topological polar surface area (TPSA) is 202 Å². The molecule has 2 fully saturated rings. The number of nitrogens with one attached hydrogen (secondary N) is 4. The highest BCUT2D eigenvalue weighted by molar-refractivity contribution is 6.07. The van der Waals surface area contributed by atoms with Crippen LogP contribution < -0.4 is 15.4 Å². The van der Waals surface area contributed by atoms with Crippen molar-refractivity contribution in [1.82, 2.24) is 40.4 Å². The minimum absolute atomic E-state index is 0.0241. The van der Waals surface area contributed by atoms with Crippen molar-refractivity contribution in [2.24, 2.45) is 11.8 Å². The number of hydrogen-bond acceptors (Lipinski definition) is 11. The number of aromatic amines is 2. The van der Waals surface area contributed by atoms with Crippen LogP contribution in [-0.4, -0.2) is 120 Å². The van der Waals surface area contributed by atoms with E-state index >= 15 is 0 Å². The Morgan fingerprint density at radius 3 is 2.35 bits per heavy atom. The fourth-order valence-electron chi connectivity index (χ4n) is 9.94. The molecule has 4 amide bonds. The average molecular weight is 893 g/mol. The molecule has 0 radical (unpaired) electrons. The number of benzene rings is 3. The lowest BCUT2D eigenvalue weighted by molar-refractivity contribution is -0.138. The number of aromatic nitrogens is 4. The van der Waals surface area contributed by atoms with Gasteiger partial charge >= 0.3 is 12.2 Å². The Balaban J connectivity index is 1.05. The molecule has 0 saturated carbocycles. The molecule has 17 heteroatoms. The van der Waals surface area contributed by atoms with Gasteiger partial charge in [0.15, 0.2) is 0 Å². The number of nitrogens with zero attached hydrogens (tertiary/aromatic N) is 4. The Morgan fingerprint density at radius 1 is 0.877 bits per heavy atom. The number of hydrogen-bond donors (Lipinski definition) is 4. The number of H-pyrrole nitrogens is 2. The van der Waals surface area contributed by atoms with E-state index in [1.807, 2.05) is 44.9 Å². The first-order chi connectivity index (χ1) is 31.4. The van der Waals surface area contributed by atoms with Crippen LogP contribution in [-0.2, 0) is 35.1 Å². The molecule has 8 rings (SSSR count). The number of fused-ring (bicyclic) bond motifs is 6. The summed E-state index contributed by atoms with van der Waals surface area (Å²) in [6, 6.07) is 12.2. The van der Waals surface area contributed by atoms with Crippen molar-refractivity contribution in [2.45, 2.75) is 103 Å². The number of amides is 4. The van der Waals surface area contributed by atoms with Gasteiger partial charge in [0.1, 0.15) is 36.1 Å². The smallest absolute Gasteiger partial charge is 0.407 e. The van der Waals surface area contributed by atoms with Gasteiger partial charge < -0.3 is 54.1 Å². The molecule has 2 aromatic heterocycles. The van der Waals surface area contributed by atoms with Gasteiger partial charge in [-0.1, -0.05) is 45.4 Å². The maximum Gasteiger partial charge on any atom is 0.407 e. The molecule has 2 saturated heterocycles. The lowest BCUT2D eigenvalue weighted by Crippen LogP contribution is -2.54. The highest BCUT2D eigenvalue weighted by Crippen LogP contribution is 2.44. The molecular formula is C48H60N8O9. The minimum atomic E-state index is -0.957. The Morgan fingerprint density at radius 2 is 1.65 bits per heavy atom. The SMILES string of the molecule is CC[C@H](C)C(NC(=O)OC)C(=O)N1[C@@H](C)CC[C@H]1c1ncc(-c2ccc3c(c2)COc2cc4c(ccc5nc([C@@H]6C[C@H](COC)CN6C(=O)[C@@H](NC(=O)OC)[C@@H](CC)OC)[nH]c54)cc2-3)[nH]1. The molecule has 0 aliphatic carbocycles. The summed E-state index contributed by atoms with van der Waals surface area (Å²) < 4.78 is 27.4. The van der Waals surface area contributed by atoms with E-state index in [-0.39, 0.29) is 35.7 Å². The summed E-state index contributed by atoms with van der Waals surface area (Å²) >= 11 is 0. The molecule has 346 valence electrons. The van der Waals surface area contributed by atoms with Crippen molar-refractivity contribution in [3.8, 4) is 28.1 Å². The van der Waals surface area contributed by atoms with Crippen molar-refractivity contribution >= 4 is 45.8 Å². The Labute approximate surface area is 378 Å². The third-order valence-corrected chi connectivity index (χ3v) is 13.6. The highest BCUT2D eigenvalue weighted by Gasteiger charge is 2.44. The molecule has 3 aliphatic rings. The van der Waals surface area contributed by atoms with Crippen molar-refractivity contribution in [2.75, 3.05) is 41.6 Å². The molecular weight excluding hydrogens is 833 g/mol. The third kappa shape index (κ3) is 8.70. The maximum atomic E-state index is 14.3. The summed E-state index contributed by atoms with van der Waals surface area (Å²) in [5.41, 5.74) is 6.45. The average Bonchev–Trinajstić information content (AvgIpc) is 4.15. The summed E-state index contributed by atoms with van der Waals surface area (Å²) in [4.78, 5) is 73.5. The number of carbonyl (C=O) groups excluding carboxylic acids is 4. The van der Waals surface area contributed by atoms with Crippen molar-refractivity contribution < 1.29 is 42.9 Å². The number of carbonyl (C=O) groups is 4. The first-order valence-corrected chi connectivity index (χ1v) is 22.5. The zero-order valence-corrected chi connectivity index (χ0v) is 38.4. The summed E-state index contributed by atoms with van der Waals surface area (Å²) in [7, 11) is 5.74. The molecule has 0 bridgehead atoms. The second kappa shape index (κ2) is 19.1. The van der Waals surface area contributed by atoms with Gasteiger partial charge in [-0.25, -0.2) is 19.6 Å². The van der Waals surface area contributed by atoms with Crippen LogP contribution >= 0.6 is 0 Å². The number of ether oxygens (including phenoxy) is 5. The number of methoxy groups -OCH3 is 4. The third-order valence-electron chi connectivity index (χ3n) is 13.6. The van der Waals surface area contributed by atoms with Gasteiger partial charge in [-0.05, 0) is 84.9 Å². The summed E-state index contributed by atoms with van der Waals surface area (Å²) in [6.07, 6.45) is 3.32. The lowest BCUT2D eigenvalue weighted by atomic mass is 9.92. The Hall–Kier alpha value is -6.20. The summed E-state index contributed by atoms with van der Waals surface area (Å²) in [6.45, 7) is 9.15. The van der Waals surface area contributed by atoms with Gasteiger partial charge in [0.25, 0.3) is 0 Å². The van der Waals surface area contributed by atoms with E-state index in [1.165, 1.54) is 21.3 Å². The second-order valence-corrected chi connectivity index (χ2v) is 17.5. The van der Waals surface area contributed by atoms with E-state index in [2.05, 4.69) is 57.0 Å². The predicted molar refractivity (Wildman–Crippen MR) is 243 cm³/mol. The van der Waals surface area contributed by atoms with Gasteiger partial charge in [-0.15, -0.1) is 0 Å². The Kier molecular flexibility index (Phi) is 13.3. The van der Waals surface area contributed by atoms with Crippen molar-refractivity contribution in [3.63, 3.8) is 0 Å². The highest BCUT2D eigenvalue weighted by atomic mass is 16.5. The normalized spacial score (nSPS) is 21.0. The second-order valence-electron chi connectivity index (χ2n) is 17.5. The molecule has 8 atom stereocenters. The van der Waals surface area contributed by atoms with Crippen LogP contribution in [0.3, 0.4) is 0 Å². The standard InChI is InChI=1S/C48H60N8O9/c1-9-25(3)40(53-47(59)63-7)46(58)56-26(4)11-16-36(56)43-49-21-35(51-43)29-12-14-31-30(18-29)24-65-39-20-32-28(19-33(31)39)13-15-34-41(32)52-44(50-34)37-17-27(23-61-5)22-55(37)45(57)42(38(10-2)62-6)54-48(60)64-8/h12-15,18-21,25-27,36-38,40,42H,9-11,16-17,22-24H2,1-8H3,(H,49,51)(H,50,52)(H,53,59)(H,54,60)/t25-,26-,27-,36-,37-,38+,40?,42-/m0/s1. The van der Waals surface area contributed by atoms with Crippen LogP contribution in [0.5, 0.6) is 5.75 Å². The number of imidazole rings is 2. The van der Waals surface area contributed by atoms with Gasteiger partial charge in [0, 0.05) is 43.7 Å². The number of rotatable bonds is 14. The molecule has 0 spiro atoms. The van der Waals surface area contributed by atoms with Gasteiger partial charge in [-0.3, -0.25) is 9.59 Å². The first-order valence-electron chi connectivity index (χ1n) is 22.5. The van der Waals surface area contributed by atoms with Crippen LogP contribution in [0.15, 0.2) is 48.7 Å². The summed E-state index contributed by atoms with van der Waals surface area (Å²) in [5, 5.41) is 7.42. The van der Waals surface area contributed by atoms with Gasteiger partial charge in [0.05, 0.1) is 61.9 Å². The molecule has 3 aliphatic heterocycles. The van der Waals surface area contributed by atoms with Crippen molar-refractivity contribution in [3.05, 3.63) is 65.9 Å². The van der Waals surface area contributed by atoms with Crippen molar-refractivity contribution in [1.29, 1.82) is 0 Å². The molecule has 3 aromatic carbocycles. The Bertz CT molecular complexity index is 2570. The fourth-order valence-corrected chi connectivity index (χ4v) is 9.94. The number of alkyl carbamates (subject to hydrolysis) is 2. The van der Waals surface area contributed by atoms with E-state index in [9.17, 15) is 19.2 Å². The van der Waals surface area contributed by atoms with Crippen LogP contribution in [0, 0.1) is 11.8 Å². The first kappa shape index (κ1) is 45.4. The molecule has 5 aromatic rings. The van der Waals surface area contributed by atoms with E-state index in [1.54, 1.807) is 12.0 Å². The minimum Gasteiger partial charge on any atom is -0.488 e. The van der Waals surface area contributed by atoms with Crippen LogP contribution in [0.4, 0.5) is 9.59 Å². The predicted octanol–water partition coefficient (Wildman–Crippen LogP) is 7.17. The zero-order valence-electron chi connectivity index (χ0n) is 38.4. The fraction of sp³-hybridized carbons (Fsp3) is 0.500. The zero-order chi connectivity index (χ0) is 46.1. The molecule has 4 N–H and O–H groups in total. The number of likely N-dealkylation sites (tertiary alicyclic amines) is 2. The van der Waals surface area contributed by atoms with E-state index in [0.29, 0.717) is 50.7 Å².